The van der Waals surface area contributed by atoms with Crippen LogP contribution in [0.4, 0.5) is 0 Å². The van der Waals surface area contributed by atoms with Crippen molar-refractivity contribution in [3.63, 3.8) is 0 Å². The monoisotopic (exact) mass is 554 g/mol. The Kier molecular flexibility index (Phi) is 10.8. The average Bonchev–Trinajstić information content (AvgIpc) is 3.43. The van der Waals surface area contributed by atoms with Gasteiger partial charge in [0, 0.05) is 44.0 Å². The van der Waals surface area contributed by atoms with Crippen molar-refractivity contribution >= 4 is 29.9 Å². The molecular weight excluding hydrogens is 515 g/mol. The maximum atomic E-state index is 5.67. The van der Waals surface area contributed by atoms with E-state index in [9.17, 15) is 0 Å². The fourth-order valence-corrected chi connectivity index (χ4v) is 4.61. The first-order valence-electron chi connectivity index (χ1n) is 11.5. The highest BCUT2D eigenvalue weighted by atomic mass is 127. The number of likely N-dealkylation sites (tertiary alicyclic amines) is 1. The summed E-state index contributed by atoms with van der Waals surface area (Å²) < 4.78 is 7.68. The third-order valence-corrected chi connectivity index (χ3v) is 6.23. The Balaban J connectivity index is 0.00000363. The van der Waals surface area contributed by atoms with E-state index in [1.54, 1.807) is 7.11 Å². The van der Waals surface area contributed by atoms with Gasteiger partial charge in [-0.05, 0) is 44.8 Å². The molecule has 1 aromatic carbocycles. The standard InChI is InChI=1S/C24H38N6O.HI/c1-6-20-19(21(7-2)29(4)28-20)16-26-24(25-3)27-17-22(30-14-10-11-15-30)18-12-8-9-13-23(18)31-5;/h8-9,12-13,22H,6-7,10-11,14-17H2,1-5H3,(H2,25,26,27);1H. The summed E-state index contributed by atoms with van der Waals surface area (Å²) in [6.07, 6.45) is 4.40. The summed E-state index contributed by atoms with van der Waals surface area (Å²) in [4.78, 5) is 7.02. The highest BCUT2D eigenvalue weighted by Gasteiger charge is 2.26. The maximum Gasteiger partial charge on any atom is 0.191 e. The van der Waals surface area contributed by atoms with Crippen molar-refractivity contribution in [2.75, 3.05) is 33.8 Å². The Morgan fingerprint density at radius 1 is 1.16 bits per heavy atom. The van der Waals surface area contributed by atoms with Gasteiger partial charge in [-0.3, -0.25) is 14.6 Å². The second-order valence-electron chi connectivity index (χ2n) is 8.01. The molecule has 2 aromatic rings. The predicted molar refractivity (Wildman–Crippen MR) is 142 cm³/mol. The van der Waals surface area contributed by atoms with Crippen LogP contribution in [0.25, 0.3) is 0 Å². The molecule has 7 nitrogen and oxygen atoms in total. The summed E-state index contributed by atoms with van der Waals surface area (Å²) in [7, 11) is 5.61. The molecule has 0 aliphatic carbocycles. The molecule has 0 saturated carbocycles. The van der Waals surface area contributed by atoms with Crippen LogP contribution in [-0.4, -0.2) is 54.4 Å². The van der Waals surface area contributed by atoms with Gasteiger partial charge in [0.15, 0.2) is 5.96 Å². The van der Waals surface area contributed by atoms with E-state index < -0.39 is 0 Å². The van der Waals surface area contributed by atoms with Crippen LogP contribution in [0.15, 0.2) is 29.3 Å². The van der Waals surface area contributed by atoms with Crippen molar-refractivity contribution in [3.05, 3.63) is 46.8 Å². The maximum absolute atomic E-state index is 5.67. The summed E-state index contributed by atoms with van der Waals surface area (Å²) in [5, 5.41) is 11.8. The Labute approximate surface area is 210 Å². The molecule has 2 N–H and O–H groups in total. The number of hydrogen-bond donors (Lipinski definition) is 2. The van der Waals surface area contributed by atoms with Gasteiger partial charge in [0.1, 0.15) is 5.75 Å². The number of guanidine groups is 1. The zero-order valence-electron chi connectivity index (χ0n) is 20.1. The van der Waals surface area contributed by atoms with Crippen LogP contribution in [0.5, 0.6) is 5.75 Å². The molecule has 178 valence electrons. The van der Waals surface area contributed by atoms with Crippen molar-refractivity contribution in [2.45, 2.75) is 52.1 Å². The van der Waals surface area contributed by atoms with Crippen molar-refractivity contribution < 1.29 is 4.74 Å². The minimum atomic E-state index is 0. The lowest BCUT2D eigenvalue weighted by Gasteiger charge is -2.30. The Bertz CT molecular complexity index is 875. The van der Waals surface area contributed by atoms with Gasteiger partial charge >= 0.3 is 0 Å². The third kappa shape index (κ3) is 6.15. The molecule has 1 unspecified atom stereocenters. The molecule has 1 aliphatic rings. The molecule has 0 spiro atoms. The molecular formula is C24H39IN6O. The van der Waals surface area contributed by atoms with Crippen LogP contribution >= 0.6 is 24.0 Å². The quantitative estimate of drug-likeness (QED) is 0.282. The first kappa shape index (κ1) is 26.4. The molecule has 0 amide bonds. The number of para-hydroxylation sites is 1. The smallest absolute Gasteiger partial charge is 0.191 e. The van der Waals surface area contributed by atoms with Crippen molar-refractivity contribution in [1.29, 1.82) is 0 Å². The molecule has 32 heavy (non-hydrogen) atoms. The molecule has 1 saturated heterocycles. The molecule has 1 atom stereocenters. The van der Waals surface area contributed by atoms with Crippen LogP contribution in [0.1, 0.15) is 55.2 Å². The number of rotatable bonds is 9. The summed E-state index contributed by atoms with van der Waals surface area (Å²) in [6.45, 7) is 8.07. The second-order valence-corrected chi connectivity index (χ2v) is 8.01. The summed E-state index contributed by atoms with van der Waals surface area (Å²) >= 11 is 0. The largest absolute Gasteiger partial charge is 0.496 e. The molecule has 0 bridgehead atoms. The van der Waals surface area contributed by atoms with E-state index in [1.807, 2.05) is 30.9 Å². The molecule has 1 aliphatic heterocycles. The van der Waals surface area contributed by atoms with Gasteiger partial charge < -0.3 is 15.4 Å². The van der Waals surface area contributed by atoms with E-state index in [2.05, 4.69) is 51.6 Å². The van der Waals surface area contributed by atoms with Crippen LogP contribution in [0, 0.1) is 0 Å². The Hall–Kier alpha value is -1.81. The average molecular weight is 555 g/mol. The number of aromatic nitrogens is 2. The number of ether oxygens (including phenoxy) is 1. The lowest BCUT2D eigenvalue weighted by Crippen LogP contribution is -2.42. The summed E-state index contributed by atoms with van der Waals surface area (Å²) in [5.74, 6) is 1.76. The molecule has 0 radical (unpaired) electrons. The van der Waals surface area contributed by atoms with Gasteiger partial charge in [-0.1, -0.05) is 32.0 Å². The van der Waals surface area contributed by atoms with Gasteiger partial charge in [0.25, 0.3) is 0 Å². The molecule has 1 aromatic heterocycles. The second kappa shape index (κ2) is 13.0. The SMILES string of the molecule is CCc1nn(C)c(CC)c1CNC(=NC)NCC(c1ccccc1OC)N1CCCC1.I. The molecule has 1 fully saturated rings. The van der Waals surface area contributed by atoms with E-state index in [-0.39, 0.29) is 30.0 Å². The predicted octanol–water partition coefficient (Wildman–Crippen LogP) is 3.67. The molecule has 8 heteroatoms. The highest BCUT2D eigenvalue weighted by molar-refractivity contribution is 14.0. The van der Waals surface area contributed by atoms with Crippen LogP contribution in [0.2, 0.25) is 0 Å². The van der Waals surface area contributed by atoms with Gasteiger partial charge in [-0.25, -0.2) is 0 Å². The fraction of sp³-hybridized carbons (Fsp3) is 0.583. The van der Waals surface area contributed by atoms with Crippen LogP contribution < -0.4 is 15.4 Å². The van der Waals surface area contributed by atoms with E-state index >= 15 is 0 Å². The van der Waals surface area contributed by atoms with E-state index in [0.29, 0.717) is 0 Å². The van der Waals surface area contributed by atoms with E-state index in [0.717, 1.165) is 56.4 Å². The third-order valence-electron chi connectivity index (χ3n) is 6.23. The first-order valence-corrected chi connectivity index (χ1v) is 11.5. The number of halogens is 1. The van der Waals surface area contributed by atoms with Crippen LogP contribution in [-0.2, 0) is 26.4 Å². The first-order chi connectivity index (χ1) is 15.1. The van der Waals surface area contributed by atoms with E-state index in [4.69, 9.17) is 4.74 Å². The lowest BCUT2D eigenvalue weighted by molar-refractivity contribution is 0.239. The summed E-state index contributed by atoms with van der Waals surface area (Å²) in [5.41, 5.74) is 4.95. The van der Waals surface area contributed by atoms with Crippen molar-refractivity contribution in [2.24, 2.45) is 12.0 Å². The van der Waals surface area contributed by atoms with Gasteiger partial charge in [0.05, 0.1) is 18.8 Å². The lowest BCUT2D eigenvalue weighted by atomic mass is 10.0. The number of benzene rings is 1. The fourth-order valence-electron chi connectivity index (χ4n) is 4.61. The van der Waals surface area contributed by atoms with E-state index in [1.165, 1.54) is 29.7 Å². The number of aliphatic imine (C=N–C) groups is 1. The molecule has 3 rings (SSSR count). The number of aryl methyl sites for hydroxylation is 2. The minimum absolute atomic E-state index is 0. The van der Waals surface area contributed by atoms with Crippen LogP contribution in [0.3, 0.4) is 0 Å². The van der Waals surface area contributed by atoms with Crippen molar-refractivity contribution in [1.82, 2.24) is 25.3 Å². The number of methoxy groups -OCH3 is 1. The number of nitrogens with one attached hydrogen (secondary N) is 2. The number of hydrogen-bond acceptors (Lipinski definition) is 4. The normalized spacial score (nSPS) is 15.3. The minimum Gasteiger partial charge on any atom is -0.496 e. The topological polar surface area (TPSA) is 66.7 Å². The molecule has 2 heterocycles. The zero-order chi connectivity index (χ0) is 22.2. The zero-order valence-corrected chi connectivity index (χ0v) is 22.5. The summed E-state index contributed by atoms with van der Waals surface area (Å²) in [6, 6.07) is 8.59. The van der Waals surface area contributed by atoms with Gasteiger partial charge in [0.2, 0.25) is 0 Å². The Morgan fingerprint density at radius 2 is 1.88 bits per heavy atom. The van der Waals surface area contributed by atoms with Crippen molar-refractivity contribution in [3.8, 4) is 5.75 Å². The van der Waals surface area contributed by atoms with Gasteiger partial charge in [-0.15, -0.1) is 24.0 Å². The van der Waals surface area contributed by atoms with Gasteiger partial charge in [-0.2, -0.15) is 5.10 Å². The number of nitrogens with zero attached hydrogens (tertiary/aromatic N) is 4. The Morgan fingerprint density at radius 3 is 2.50 bits per heavy atom. The highest BCUT2D eigenvalue weighted by Crippen LogP contribution is 2.31.